The van der Waals surface area contributed by atoms with Gasteiger partial charge in [-0.3, -0.25) is 0 Å². The van der Waals surface area contributed by atoms with Crippen LogP contribution in [0.3, 0.4) is 0 Å². The zero-order valence-electron chi connectivity index (χ0n) is 11.8. The molecule has 2 aromatic heterocycles. The number of fused-ring (bicyclic) bond motifs is 1. The Morgan fingerprint density at radius 3 is 2.59 bits per heavy atom. The van der Waals surface area contributed by atoms with Gasteiger partial charge in [0.1, 0.15) is 10.3 Å². The van der Waals surface area contributed by atoms with Crippen molar-refractivity contribution in [2.75, 3.05) is 0 Å². The third-order valence-electron chi connectivity index (χ3n) is 3.55. The Kier molecular flexibility index (Phi) is 4.02. The first-order chi connectivity index (χ1) is 10.6. The molecule has 22 heavy (non-hydrogen) atoms. The van der Waals surface area contributed by atoms with Gasteiger partial charge >= 0.3 is 0 Å². The minimum atomic E-state index is 0.386. The summed E-state index contributed by atoms with van der Waals surface area (Å²) < 4.78 is 1.62. The molecule has 0 saturated carbocycles. The van der Waals surface area contributed by atoms with E-state index in [1.54, 1.807) is 22.8 Å². The number of hydrogen-bond acceptors (Lipinski definition) is 3. The molecule has 110 valence electrons. The molecular weight excluding hydrogens is 319 g/mol. The summed E-state index contributed by atoms with van der Waals surface area (Å²) in [6, 6.07) is 9.41. The van der Waals surface area contributed by atoms with Gasteiger partial charge in [-0.05, 0) is 24.1 Å². The number of halogens is 2. The van der Waals surface area contributed by atoms with Crippen molar-refractivity contribution in [2.24, 2.45) is 0 Å². The molecule has 0 aliphatic carbocycles. The van der Waals surface area contributed by atoms with Crippen LogP contribution < -0.4 is 0 Å². The summed E-state index contributed by atoms with van der Waals surface area (Å²) in [6.45, 7) is 2.03. The van der Waals surface area contributed by atoms with Gasteiger partial charge in [0.2, 0.25) is 0 Å². The second kappa shape index (κ2) is 5.96. The van der Waals surface area contributed by atoms with Crippen LogP contribution in [0.2, 0.25) is 10.3 Å². The highest BCUT2D eigenvalue weighted by Crippen LogP contribution is 2.28. The lowest BCUT2D eigenvalue weighted by molar-refractivity contribution is 0.917. The molecule has 0 atom stereocenters. The lowest BCUT2D eigenvalue weighted by Crippen LogP contribution is -2.02. The lowest BCUT2D eigenvalue weighted by atomic mass is 10.1. The highest BCUT2D eigenvalue weighted by molar-refractivity contribution is 6.35. The number of rotatable bonds is 3. The third-order valence-corrected chi connectivity index (χ3v) is 4.25. The van der Waals surface area contributed by atoms with E-state index in [1.165, 1.54) is 0 Å². The van der Waals surface area contributed by atoms with Gasteiger partial charge in [-0.2, -0.15) is 10.4 Å². The zero-order chi connectivity index (χ0) is 15.7. The molecule has 0 spiro atoms. The van der Waals surface area contributed by atoms with E-state index < -0.39 is 0 Å². The van der Waals surface area contributed by atoms with Gasteiger partial charge in [0.25, 0.3) is 0 Å². The third kappa shape index (κ3) is 2.54. The number of hydrogen-bond donors (Lipinski definition) is 0. The van der Waals surface area contributed by atoms with Gasteiger partial charge < -0.3 is 0 Å². The van der Waals surface area contributed by atoms with Crippen LogP contribution in [0.1, 0.15) is 29.2 Å². The largest absolute Gasteiger partial charge is 0.216 e. The van der Waals surface area contributed by atoms with E-state index in [0.29, 0.717) is 27.9 Å². The zero-order valence-corrected chi connectivity index (χ0v) is 13.4. The standard InChI is InChI=1S/C16H12Cl2N4/c1-2-12-9-20-22-15(18)13(14(17)21-16(12)22)7-10-3-5-11(8-19)6-4-10/h3-6,9H,2,7H2,1H3. The molecule has 0 fully saturated rings. The van der Waals surface area contributed by atoms with E-state index in [2.05, 4.69) is 16.2 Å². The maximum atomic E-state index is 8.84. The SMILES string of the molecule is CCc1cnn2c(Cl)c(Cc3ccc(C#N)cc3)c(Cl)nc12. The Morgan fingerprint density at radius 1 is 1.23 bits per heavy atom. The van der Waals surface area contributed by atoms with Crippen molar-refractivity contribution in [2.45, 2.75) is 19.8 Å². The maximum absolute atomic E-state index is 8.84. The Balaban J connectivity index is 2.05. The van der Waals surface area contributed by atoms with Gasteiger partial charge in [0.15, 0.2) is 5.65 Å². The van der Waals surface area contributed by atoms with Crippen LogP contribution >= 0.6 is 23.2 Å². The number of nitrogens with zero attached hydrogens (tertiary/aromatic N) is 4. The number of benzene rings is 1. The van der Waals surface area contributed by atoms with Crippen LogP contribution in [0.4, 0.5) is 0 Å². The monoisotopic (exact) mass is 330 g/mol. The molecule has 1 aromatic carbocycles. The Morgan fingerprint density at radius 2 is 1.95 bits per heavy atom. The van der Waals surface area contributed by atoms with Crippen LogP contribution in [0.5, 0.6) is 0 Å². The molecule has 6 heteroatoms. The molecule has 4 nitrogen and oxygen atoms in total. The molecule has 0 N–H and O–H groups in total. The molecule has 0 saturated heterocycles. The van der Waals surface area contributed by atoms with E-state index >= 15 is 0 Å². The summed E-state index contributed by atoms with van der Waals surface area (Å²) >= 11 is 12.8. The minimum Gasteiger partial charge on any atom is -0.216 e. The fourth-order valence-corrected chi connectivity index (χ4v) is 2.87. The van der Waals surface area contributed by atoms with Crippen molar-refractivity contribution in [3.05, 3.63) is 63.0 Å². The number of aromatic nitrogens is 3. The summed E-state index contributed by atoms with van der Waals surface area (Å²) in [4.78, 5) is 4.43. The molecule has 3 aromatic rings. The van der Waals surface area contributed by atoms with Gasteiger partial charge in [0.05, 0.1) is 17.8 Å². The fourth-order valence-electron chi connectivity index (χ4n) is 2.31. The predicted octanol–water partition coefficient (Wildman–Crippen LogP) is 4.06. The molecular formula is C16H12Cl2N4. The topological polar surface area (TPSA) is 54.0 Å². The van der Waals surface area contributed by atoms with Crippen molar-refractivity contribution in [3.63, 3.8) is 0 Å². The summed E-state index contributed by atoms with van der Waals surface area (Å²) in [5, 5.41) is 14.0. The van der Waals surface area contributed by atoms with Crippen molar-refractivity contribution in [3.8, 4) is 6.07 Å². The van der Waals surface area contributed by atoms with Crippen molar-refractivity contribution in [1.29, 1.82) is 5.26 Å². The van der Waals surface area contributed by atoms with Crippen LogP contribution in [-0.4, -0.2) is 14.6 Å². The second-order valence-corrected chi connectivity index (χ2v) is 5.63. The van der Waals surface area contributed by atoms with E-state index in [0.717, 1.165) is 23.1 Å². The van der Waals surface area contributed by atoms with Gasteiger partial charge in [-0.25, -0.2) is 9.50 Å². The van der Waals surface area contributed by atoms with Crippen LogP contribution in [0, 0.1) is 11.3 Å². The van der Waals surface area contributed by atoms with Gasteiger partial charge in [-0.1, -0.05) is 42.3 Å². The normalized spacial score (nSPS) is 10.8. The number of aryl methyl sites for hydroxylation is 1. The maximum Gasteiger partial charge on any atom is 0.161 e. The summed E-state index contributed by atoms with van der Waals surface area (Å²) in [5.41, 5.74) is 4.06. The Bertz CT molecular complexity index is 876. The first kappa shape index (κ1) is 14.8. The minimum absolute atomic E-state index is 0.386. The summed E-state index contributed by atoms with van der Waals surface area (Å²) in [7, 11) is 0. The van der Waals surface area contributed by atoms with Crippen LogP contribution in [0.25, 0.3) is 5.65 Å². The van der Waals surface area contributed by atoms with Crippen molar-refractivity contribution >= 4 is 28.8 Å². The Hall–Kier alpha value is -2.09. The molecule has 2 heterocycles. The quantitative estimate of drug-likeness (QED) is 0.680. The first-order valence-electron chi connectivity index (χ1n) is 6.83. The average Bonchev–Trinajstić information content (AvgIpc) is 2.95. The predicted molar refractivity (Wildman–Crippen MR) is 86.3 cm³/mol. The second-order valence-electron chi connectivity index (χ2n) is 4.92. The Labute approximate surface area is 137 Å². The van der Waals surface area contributed by atoms with Crippen LogP contribution in [-0.2, 0) is 12.8 Å². The molecule has 0 radical (unpaired) electrons. The average molecular weight is 331 g/mol. The van der Waals surface area contributed by atoms with Crippen molar-refractivity contribution < 1.29 is 0 Å². The summed E-state index contributed by atoms with van der Waals surface area (Å²) in [5.74, 6) is 0. The van der Waals surface area contributed by atoms with E-state index in [-0.39, 0.29) is 0 Å². The fraction of sp³-hybridized carbons (Fsp3) is 0.188. The van der Waals surface area contributed by atoms with Crippen molar-refractivity contribution in [1.82, 2.24) is 14.6 Å². The smallest absolute Gasteiger partial charge is 0.161 e. The van der Waals surface area contributed by atoms with Gasteiger partial charge in [-0.15, -0.1) is 0 Å². The first-order valence-corrected chi connectivity index (χ1v) is 7.59. The van der Waals surface area contributed by atoms with E-state index in [1.807, 2.05) is 19.1 Å². The van der Waals surface area contributed by atoms with E-state index in [9.17, 15) is 0 Å². The molecule has 3 rings (SSSR count). The summed E-state index contributed by atoms with van der Waals surface area (Å²) in [6.07, 6.45) is 3.11. The highest BCUT2D eigenvalue weighted by atomic mass is 35.5. The van der Waals surface area contributed by atoms with Crippen LogP contribution in [0.15, 0.2) is 30.5 Å². The molecule has 0 amide bonds. The van der Waals surface area contributed by atoms with Gasteiger partial charge in [0, 0.05) is 17.5 Å². The van der Waals surface area contributed by atoms with E-state index in [4.69, 9.17) is 28.5 Å². The number of nitriles is 1. The highest BCUT2D eigenvalue weighted by Gasteiger charge is 2.16. The molecule has 0 aliphatic rings. The lowest BCUT2D eigenvalue weighted by Gasteiger charge is -2.09. The molecule has 0 unspecified atom stereocenters. The molecule has 0 bridgehead atoms. The molecule has 0 aliphatic heterocycles.